The van der Waals surface area contributed by atoms with Crippen molar-refractivity contribution >= 4 is 38.2 Å². The van der Waals surface area contributed by atoms with Gasteiger partial charge in [0.05, 0.1) is 11.0 Å². The zero-order valence-corrected chi connectivity index (χ0v) is 35.7. The summed E-state index contributed by atoms with van der Waals surface area (Å²) in [5, 5.41) is 5.13. The molecule has 300 valence electrons. The van der Waals surface area contributed by atoms with Gasteiger partial charge in [-0.15, -0.1) is 0 Å². The van der Waals surface area contributed by atoms with E-state index in [1.807, 2.05) is 6.07 Å². The Labute approximate surface area is 366 Å². The van der Waals surface area contributed by atoms with Gasteiger partial charge in [0.2, 0.25) is 0 Å². The van der Waals surface area contributed by atoms with Gasteiger partial charge in [0.25, 0.3) is 0 Å². The summed E-state index contributed by atoms with van der Waals surface area (Å²) >= 11 is 0. The number of nitrogens with zero attached hydrogens (tertiary/aromatic N) is 1. The average Bonchev–Trinajstić information content (AvgIpc) is 3.68. The molecular formula is C61H51N. The summed E-state index contributed by atoms with van der Waals surface area (Å²) in [7, 11) is 0. The van der Waals surface area contributed by atoms with Gasteiger partial charge >= 0.3 is 0 Å². The molecule has 9 aromatic carbocycles. The zero-order valence-electron chi connectivity index (χ0n) is 35.7. The maximum Gasteiger partial charge on any atom is 0.0619 e. The molecule has 1 aromatic heterocycles. The Kier molecular flexibility index (Phi) is 11.9. The number of hydrogen-bond acceptors (Lipinski definition) is 0. The molecule has 0 spiro atoms. The van der Waals surface area contributed by atoms with Gasteiger partial charge in [-0.1, -0.05) is 230 Å². The summed E-state index contributed by atoms with van der Waals surface area (Å²) in [6.45, 7) is 6.49. The van der Waals surface area contributed by atoms with Crippen molar-refractivity contribution < 1.29 is 0 Å². The molecule has 1 aliphatic carbocycles. The molecule has 1 heteroatoms. The molecule has 0 bridgehead atoms. The Morgan fingerprint density at radius 2 is 0.887 bits per heavy atom. The van der Waals surface area contributed by atoms with Crippen molar-refractivity contribution in [3.63, 3.8) is 0 Å². The molecule has 0 saturated heterocycles. The highest BCUT2D eigenvalue weighted by molar-refractivity contribution is 6.19. The lowest BCUT2D eigenvalue weighted by molar-refractivity contribution is 0.739. The Balaban J connectivity index is 0.000000131. The summed E-state index contributed by atoms with van der Waals surface area (Å²) in [5.41, 5.74) is 16.6. The van der Waals surface area contributed by atoms with E-state index in [1.165, 1.54) is 93.9 Å². The van der Waals surface area contributed by atoms with Crippen molar-refractivity contribution in [1.29, 1.82) is 0 Å². The molecule has 11 rings (SSSR count). The maximum absolute atomic E-state index is 2.41. The minimum atomic E-state index is 0.673. The molecule has 0 fully saturated rings. The van der Waals surface area contributed by atoms with Gasteiger partial charge in [-0.25, -0.2) is 0 Å². The third-order valence-electron chi connectivity index (χ3n) is 11.8. The first kappa shape index (κ1) is 40.0. The fourth-order valence-corrected chi connectivity index (χ4v) is 8.36. The van der Waals surface area contributed by atoms with Gasteiger partial charge in [-0.2, -0.15) is 0 Å². The highest BCUT2D eigenvalue weighted by Gasteiger charge is 2.16. The lowest BCUT2D eigenvalue weighted by Crippen LogP contribution is -1.94. The van der Waals surface area contributed by atoms with Crippen molar-refractivity contribution in [2.75, 3.05) is 0 Å². The Bertz CT molecular complexity index is 3120. The van der Waals surface area contributed by atoms with Crippen molar-refractivity contribution in [1.82, 2.24) is 4.57 Å². The van der Waals surface area contributed by atoms with Crippen LogP contribution < -0.4 is 0 Å². The topological polar surface area (TPSA) is 4.93 Å². The zero-order chi connectivity index (χ0) is 42.3. The highest BCUT2D eigenvalue weighted by Crippen LogP contribution is 2.38. The van der Waals surface area contributed by atoms with Crippen LogP contribution in [-0.2, 0) is 0 Å². The van der Waals surface area contributed by atoms with Crippen LogP contribution in [0.3, 0.4) is 0 Å². The molecule has 0 aliphatic heterocycles. The van der Waals surface area contributed by atoms with Crippen LogP contribution in [0.15, 0.2) is 237 Å². The van der Waals surface area contributed by atoms with Crippen molar-refractivity contribution in [2.45, 2.75) is 27.2 Å². The van der Waals surface area contributed by atoms with E-state index in [4.69, 9.17) is 0 Å². The van der Waals surface area contributed by atoms with Crippen LogP contribution in [0.5, 0.6) is 0 Å². The van der Waals surface area contributed by atoms with E-state index in [-0.39, 0.29) is 0 Å². The van der Waals surface area contributed by atoms with Crippen LogP contribution in [0, 0.1) is 19.8 Å². The maximum atomic E-state index is 2.41. The number of benzene rings is 9. The number of para-hydroxylation sites is 1. The number of rotatable bonds is 5. The smallest absolute Gasteiger partial charge is 0.0619 e. The third-order valence-corrected chi connectivity index (χ3v) is 11.8. The molecule has 1 nitrogen and oxygen atoms in total. The van der Waals surface area contributed by atoms with Crippen LogP contribution >= 0.6 is 0 Å². The first-order valence-electron chi connectivity index (χ1n) is 21.7. The third kappa shape index (κ3) is 8.85. The molecular weight excluding hydrogens is 747 g/mol. The van der Waals surface area contributed by atoms with Gasteiger partial charge in [-0.05, 0) is 100 Å². The van der Waals surface area contributed by atoms with E-state index in [9.17, 15) is 0 Å². The summed E-state index contributed by atoms with van der Waals surface area (Å²) in [6, 6.07) is 77.9. The second-order valence-corrected chi connectivity index (χ2v) is 16.4. The van der Waals surface area contributed by atoms with E-state index in [0.29, 0.717) is 5.92 Å². The van der Waals surface area contributed by atoms with Crippen LogP contribution in [0.2, 0.25) is 0 Å². The molecule has 0 N–H and O–H groups in total. The van der Waals surface area contributed by atoms with Crippen molar-refractivity contribution in [3.05, 3.63) is 253 Å². The van der Waals surface area contributed by atoms with Crippen LogP contribution in [0.25, 0.3) is 77.2 Å². The fourth-order valence-electron chi connectivity index (χ4n) is 8.36. The van der Waals surface area contributed by atoms with E-state index in [1.54, 1.807) is 0 Å². The lowest BCUT2D eigenvalue weighted by atomic mass is 9.93. The summed E-state index contributed by atoms with van der Waals surface area (Å²) in [5.74, 6) is 0.673. The van der Waals surface area contributed by atoms with Crippen LogP contribution in [0.4, 0.5) is 0 Å². The van der Waals surface area contributed by atoms with Gasteiger partial charge < -0.3 is 4.57 Å². The SMILES string of the molecule is CC1C=CC(c2ccc(-c3ccccc3)cc2)=CC1.Cc1ccc(-c2ccc3c(c2)c2ccc4ccccc4c2n3-c2ccccc2)cc1.Cc1ccc(-c2ccccc2)cc1. The van der Waals surface area contributed by atoms with E-state index < -0.39 is 0 Å². The van der Waals surface area contributed by atoms with E-state index in [0.717, 1.165) is 6.42 Å². The molecule has 62 heavy (non-hydrogen) atoms. The van der Waals surface area contributed by atoms with Gasteiger partial charge in [0.1, 0.15) is 0 Å². The number of allylic oxidation sites excluding steroid dienone is 4. The lowest BCUT2D eigenvalue weighted by Gasteiger charge is -2.12. The second kappa shape index (κ2) is 18.4. The Hall–Kier alpha value is -7.48. The van der Waals surface area contributed by atoms with Gasteiger partial charge in [0.15, 0.2) is 0 Å². The minimum absolute atomic E-state index is 0.673. The first-order valence-corrected chi connectivity index (χ1v) is 21.7. The highest BCUT2D eigenvalue weighted by atomic mass is 15.0. The molecule has 0 radical (unpaired) electrons. The Morgan fingerprint density at radius 1 is 0.403 bits per heavy atom. The average molecular weight is 798 g/mol. The predicted octanol–water partition coefficient (Wildman–Crippen LogP) is 16.9. The number of aryl methyl sites for hydroxylation is 2. The quantitative estimate of drug-likeness (QED) is 0.163. The standard InChI is InChI=1S/C29H21N.C19H18.C13H12/c1-20-11-13-21(14-12-20)23-16-18-28-27(19-23)26-17-15-22-7-5-6-10-25(22)29(26)30(28)24-8-3-2-4-9-24;1-15-7-9-17(10-8-15)19-13-11-18(12-14-19)16-5-3-2-4-6-16;1-11-7-9-13(10-8-11)12-5-3-2-4-6-12/h2-19H,1H3;2-7,9-15H,8H2,1H3;2-10H,1H3. The van der Waals surface area contributed by atoms with Crippen LogP contribution in [-0.4, -0.2) is 4.57 Å². The van der Waals surface area contributed by atoms with Gasteiger partial charge in [-0.3, -0.25) is 0 Å². The van der Waals surface area contributed by atoms with Crippen LogP contribution in [0.1, 0.15) is 30.0 Å². The Morgan fingerprint density at radius 3 is 1.47 bits per heavy atom. The number of hydrogen-bond donors (Lipinski definition) is 0. The van der Waals surface area contributed by atoms with Crippen molar-refractivity contribution in [3.8, 4) is 39.1 Å². The fraction of sp³-hybridized carbons (Fsp3) is 0.0820. The first-order chi connectivity index (χ1) is 30.5. The minimum Gasteiger partial charge on any atom is -0.309 e. The summed E-state index contributed by atoms with van der Waals surface area (Å²) < 4.78 is 2.41. The van der Waals surface area contributed by atoms with E-state index in [2.05, 4.69) is 256 Å². The second-order valence-electron chi connectivity index (χ2n) is 16.4. The van der Waals surface area contributed by atoms with Crippen molar-refractivity contribution in [2.24, 2.45) is 5.92 Å². The summed E-state index contributed by atoms with van der Waals surface area (Å²) in [4.78, 5) is 0. The molecule has 1 atom stereocenters. The molecule has 0 amide bonds. The number of fused-ring (bicyclic) bond motifs is 5. The molecule has 1 unspecified atom stereocenters. The molecule has 0 saturated carbocycles. The normalized spacial score (nSPS) is 13.2. The summed E-state index contributed by atoms with van der Waals surface area (Å²) in [6.07, 6.45) is 8.01. The molecule has 1 heterocycles. The molecule has 1 aliphatic rings. The number of aromatic nitrogens is 1. The largest absolute Gasteiger partial charge is 0.309 e. The molecule has 10 aromatic rings. The predicted molar refractivity (Wildman–Crippen MR) is 268 cm³/mol. The van der Waals surface area contributed by atoms with Gasteiger partial charge in [0, 0.05) is 21.8 Å². The monoisotopic (exact) mass is 797 g/mol. The van der Waals surface area contributed by atoms with E-state index >= 15 is 0 Å².